The van der Waals surface area contributed by atoms with Gasteiger partial charge in [-0.05, 0) is 52.0 Å². The Bertz CT molecular complexity index is 946. The van der Waals surface area contributed by atoms with Gasteiger partial charge in [0.1, 0.15) is 23.2 Å². The van der Waals surface area contributed by atoms with Crippen LogP contribution in [0.3, 0.4) is 0 Å². The highest BCUT2D eigenvalue weighted by Crippen LogP contribution is 2.65. The average molecular weight is 462 g/mol. The number of carboxylic acid groups (broad SMARTS) is 1. The van der Waals surface area contributed by atoms with E-state index in [1.165, 1.54) is 26.0 Å². The standard InChI is InChI=1S/C24H30O9/c1-15(19(27)28)5-4-9-22(3)18-8-11-23(21(30)33-22)10-6-17(20(29)31-14-13-25)7-12-24(18,23)32-16(2)26/h4-6,9,18,25H,7-8,10-14H2,1-3H3,(H,27,28)/b9-4+,15-5+/t18-,22+,23+,24-/m0/s1. The molecule has 180 valence electrons. The minimum Gasteiger partial charge on any atom is -0.478 e. The zero-order valence-corrected chi connectivity index (χ0v) is 19.1. The molecule has 4 atom stereocenters. The number of hydrogen-bond acceptors (Lipinski definition) is 8. The van der Waals surface area contributed by atoms with Gasteiger partial charge >= 0.3 is 23.9 Å². The summed E-state index contributed by atoms with van der Waals surface area (Å²) in [6.45, 7) is 4.05. The van der Waals surface area contributed by atoms with Gasteiger partial charge in [-0.1, -0.05) is 18.2 Å². The summed E-state index contributed by atoms with van der Waals surface area (Å²) in [5.41, 5.74) is -2.95. The molecule has 2 fully saturated rings. The van der Waals surface area contributed by atoms with E-state index in [4.69, 9.17) is 24.4 Å². The van der Waals surface area contributed by atoms with Gasteiger partial charge in [0.25, 0.3) is 0 Å². The molecule has 9 heteroatoms. The Morgan fingerprint density at radius 2 is 2.00 bits per heavy atom. The third kappa shape index (κ3) is 4.21. The van der Waals surface area contributed by atoms with Crippen LogP contribution < -0.4 is 0 Å². The van der Waals surface area contributed by atoms with E-state index >= 15 is 0 Å². The van der Waals surface area contributed by atoms with Crippen LogP contribution in [0.4, 0.5) is 0 Å². The monoisotopic (exact) mass is 462 g/mol. The van der Waals surface area contributed by atoms with Crippen LogP contribution in [0, 0.1) is 11.3 Å². The number of carboxylic acids is 1. The Morgan fingerprint density at radius 3 is 2.64 bits per heavy atom. The van der Waals surface area contributed by atoms with Gasteiger partial charge in [0.05, 0.1) is 6.61 Å². The zero-order chi connectivity index (χ0) is 24.4. The number of rotatable bonds is 7. The number of carbonyl (C=O) groups is 4. The van der Waals surface area contributed by atoms with Gasteiger partial charge in [0, 0.05) is 24.0 Å². The molecular weight excluding hydrogens is 432 g/mol. The Kier molecular flexibility index (Phi) is 6.83. The molecule has 0 spiro atoms. The van der Waals surface area contributed by atoms with E-state index < -0.39 is 40.5 Å². The molecule has 2 aliphatic carbocycles. The molecule has 0 aromatic carbocycles. The predicted molar refractivity (Wildman–Crippen MR) is 115 cm³/mol. The van der Waals surface area contributed by atoms with Crippen LogP contribution >= 0.6 is 0 Å². The van der Waals surface area contributed by atoms with Crippen molar-refractivity contribution in [3.05, 3.63) is 35.5 Å². The van der Waals surface area contributed by atoms with Gasteiger partial charge in [-0.2, -0.15) is 0 Å². The predicted octanol–water partition coefficient (Wildman–Crippen LogP) is 2.23. The lowest BCUT2D eigenvalue weighted by atomic mass is 9.62. The molecule has 3 rings (SSSR count). The first-order valence-electron chi connectivity index (χ1n) is 11.0. The summed E-state index contributed by atoms with van der Waals surface area (Å²) < 4.78 is 16.9. The third-order valence-electron chi connectivity index (χ3n) is 7.11. The lowest BCUT2D eigenvalue weighted by Gasteiger charge is -2.54. The number of esters is 3. The van der Waals surface area contributed by atoms with Crippen molar-refractivity contribution in [1.29, 1.82) is 0 Å². The fraction of sp³-hybridized carbons (Fsp3) is 0.583. The van der Waals surface area contributed by atoms with E-state index in [1.54, 1.807) is 19.1 Å². The molecule has 1 saturated carbocycles. The van der Waals surface area contributed by atoms with Crippen molar-refractivity contribution < 1.29 is 43.6 Å². The Labute approximate surface area is 192 Å². The van der Waals surface area contributed by atoms with Crippen molar-refractivity contribution >= 4 is 23.9 Å². The van der Waals surface area contributed by atoms with E-state index in [1.807, 2.05) is 0 Å². The highest BCUT2D eigenvalue weighted by atomic mass is 16.6. The molecule has 0 aromatic heterocycles. The van der Waals surface area contributed by atoms with E-state index in [0.717, 1.165) is 0 Å². The van der Waals surface area contributed by atoms with Crippen LogP contribution in [0.2, 0.25) is 0 Å². The number of aliphatic carboxylic acids is 1. The maximum atomic E-state index is 13.5. The molecule has 2 N–H and O–H groups in total. The number of ether oxygens (including phenoxy) is 3. The smallest absolute Gasteiger partial charge is 0.333 e. The van der Waals surface area contributed by atoms with E-state index in [0.29, 0.717) is 18.4 Å². The van der Waals surface area contributed by atoms with E-state index in [-0.39, 0.29) is 44.0 Å². The van der Waals surface area contributed by atoms with Crippen LogP contribution in [-0.2, 0) is 33.4 Å². The van der Waals surface area contributed by atoms with Crippen molar-refractivity contribution in [2.45, 2.75) is 64.1 Å². The van der Waals surface area contributed by atoms with Crippen molar-refractivity contribution in [2.24, 2.45) is 11.3 Å². The summed E-state index contributed by atoms with van der Waals surface area (Å²) in [6.07, 6.45) is 7.87. The molecule has 1 heterocycles. The van der Waals surface area contributed by atoms with Crippen LogP contribution in [-0.4, -0.2) is 58.5 Å². The first-order chi connectivity index (χ1) is 15.5. The topological polar surface area (TPSA) is 136 Å². The second kappa shape index (κ2) is 9.13. The first kappa shape index (κ1) is 24.7. The quantitative estimate of drug-likeness (QED) is 0.252. The third-order valence-corrected chi connectivity index (χ3v) is 7.11. The Hall–Kier alpha value is -2.94. The van der Waals surface area contributed by atoms with Gasteiger partial charge in [0.15, 0.2) is 0 Å². The molecule has 2 bridgehead atoms. The molecule has 9 nitrogen and oxygen atoms in total. The summed E-state index contributed by atoms with van der Waals surface area (Å²) in [6, 6.07) is 0. The molecule has 1 saturated heterocycles. The fourth-order valence-electron chi connectivity index (χ4n) is 5.55. The number of hydrogen-bond donors (Lipinski definition) is 2. The van der Waals surface area contributed by atoms with Gasteiger partial charge in [-0.25, -0.2) is 9.59 Å². The SMILES string of the molecule is CC(=O)O[C@]12CCC(C(=O)OCCO)=CC[C@]13CC[C@H]2[C@@](C)(/C=C/C=C(\C)C(=O)O)OC3=O. The van der Waals surface area contributed by atoms with Crippen molar-refractivity contribution in [1.82, 2.24) is 0 Å². The lowest BCUT2D eigenvalue weighted by molar-refractivity contribution is -0.235. The van der Waals surface area contributed by atoms with Crippen molar-refractivity contribution in [3.63, 3.8) is 0 Å². The van der Waals surface area contributed by atoms with Crippen LogP contribution in [0.25, 0.3) is 0 Å². The Morgan fingerprint density at radius 1 is 1.27 bits per heavy atom. The molecule has 0 unspecified atom stereocenters. The number of carbonyl (C=O) groups excluding carboxylic acids is 3. The molecule has 33 heavy (non-hydrogen) atoms. The van der Waals surface area contributed by atoms with Crippen molar-refractivity contribution in [2.75, 3.05) is 13.2 Å². The number of cyclic esters (lactones) is 1. The summed E-state index contributed by atoms with van der Waals surface area (Å²) in [4.78, 5) is 49.2. The van der Waals surface area contributed by atoms with Gasteiger partial charge in [-0.3, -0.25) is 9.59 Å². The maximum Gasteiger partial charge on any atom is 0.333 e. The Balaban J connectivity index is 2.02. The maximum absolute atomic E-state index is 13.5. The van der Waals surface area contributed by atoms with E-state index in [9.17, 15) is 19.2 Å². The molecule has 3 aliphatic rings. The fourth-order valence-corrected chi connectivity index (χ4v) is 5.55. The molecule has 0 aromatic rings. The normalized spacial score (nSPS) is 33.6. The molecule has 1 aliphatic heterocycles. The van der Waals surface area contributed by atoms with Gasteiger partial charge in [0.2, 0.25) is 0 Å². The summed E-state index contributed by atoms with van der Waals surface area (Å²) >= 11 is 0. The summed E-state index contributed by atoms with van der Waals surface area (Å²) in [5.74, 6) is -3.05. The lowest BCUT2D eigenvalue weighted by Crippen LogP contribution is -2.65. The number of aliphatic hydroxyl groups is 1. The second-order valence-electron chi connectivity index (χ2n) is 9.04. The van der Waals surface area contributed by atoms with Crippen LogP contribution in [0.15, 0.2) is 35.5 Å². The van der Waals surface area contributed by atoms with E-state index in [2.05, 4.69) is 0 Å². The minimum absolute atomic E-state index is 0.122. The molecule has 0 amide bonds. The highest BCUT2D eigenvalue weighted by Gasteiger charge is 2.74. The van der Waals surface area contributed by atoms with Crippen LogP contribution in [0.5, 0.6) is 0 Å². The highest BCUT2D eigenvalue weighted by molar-refractivity contribution is 5.90. The van der Waals surface area contributed by atoms with Crippen molar-refractivity contribution in [3.8, 4) is 0 Å². The molecule has 0 radical (unpaired) electrons. The van der Waals surface area contributed by atoms with Gasteiger partial charge < -0.3 is 24.4 Å². The minimum atomic E-state index is -1.19. The number of aliphatic hydroxyl groups excluding tert-OH is 1. The largest absolute Gasteiger partial charge is 0.478 e. The van der Waals surface area contributed by atoms with Gasteiger partial charge in [-0.15, -0.1) is 0 Å². The van der Waals surface area contributed by atoms with Crippen LogP contribution in [0.1, 0.15) is 52.9 Å². The summed E-state index contributed by atoms with van der Waals surface area (Å²) in [7, 11) is 0. The second-order valence-corrected chi connectivity index (χ2v) is 9.04. The molecular formula is C24H30O9. The summed E-state index contributed by atoms with van der Waals surface area (Å²) in [5, 5.41) is 18.0. The zero-order valence-electron chi connectivity index (χ0n) is 19.1. The average Bonchev–Trinajstić information content (AvgIpc) is 2.88. The first-order valence-corrected chi connectivity index (χ1v) is 11.0. The number of allylic oxidation sites excluding steroid dienone is 3.